The van der Waals surface area contributed by atoms with Crippen molar-refractivity contribution in [1.82, 2.24) is 14.9 Å². The number of halogens is 2. The zero-order chi connectivity index (χ0) is 16.2. The maximum Gasteiger partial charge on any atom is 0.256 e. The van der Waals surface area contributed by atoms with Gasteiger partial charge in [-0.15, -0.1) is 0 Å². The van der Waals surface area contributed by atoms with Gasteiger partial charge in [0.2, 0.25) is 5.95 Å². The molecule has 23 heavy (non-hydrogen) atoms. The molecular weight excluding hydrogens is 302 g/mol. The minimum atomic E-state index is -0.734. The largest absolute Gasteiger partial charge is 0.339 e. The van der Waals surface area contributed by atoms with Gasteiger partial charge in [-0.3, -0.25) is 4.79 Å². The number of para-hydroxylation sites is 1. The van der Waals surface area contributed by atoms with Crippen molar-refractivity contribution in [2.45, 2.75) is 19.3 Å². The summed E-state index contributed by atoms with van der Waals surface area (Å²) < 4.78 is 27.1. The first kappa shape index (κ1) is 15.3. The van der Waals surface area contributed by atoms with E-state index in [4.69, 9.17) is 0 Å². The lowest BCUT2D eigenvalue weighted by molar-refractivity contribution is 0.0723. The fraction of sp³-hybridized carbons (Fsp3) is 0.312. The number of nitrogens with zero attached hydrogens (tertiary/aromatic N) is 3. The fourth-order valence-corrected chi connectivity index (χ4v) is 2.51. The predicted octanol–water partition coefficient (Wildman–Crippen LogP) is 3.12. The van der Waals surface area contributed by atoms with Crippen molar-refractivity contribution in [3.8, 4) is 0 Å². The standard InChI is InChI=1S/C16H16F2N4O/c17-12-5-4-6-13(18)14(12)21-16-19-9-11(10-20-16)15(23)22-7-2-1-3-8-22/h4-6,9-10H,1-3,7-8H2,(H,19,20,21). The van der Waals surface area contributed by atoms with Gasteiger partial charge in [0, 0.05) is 25.5 Å². The molecule has 1 aromatic heterocycles. The Bertz CT molecular complexity index is 679. The lowest BCUT2D eigenvalue weighted by Crippen LogP contribution is -2.35. The van der Waals surface area contributed by atoms with E-state index in [1.807, 2.05) is 0 Å². The van der Waals surface area contributed by atoms with E-state index >= 15 is 0 Å². The molecule has 0 saturated carbocycles. The maximum atomic E-state index is 13.6. The number of hydrogen-bond donors (Lipinski definition) is 1. The summed E-state index contributed by atoms with van der Waals surface area (Å²) in [4.78, 5) is 22.0. The molecule has 7 heteroatoms. The fourth-order valence-electron chi connectivity index (χ4n) is 2.51. The number of hydrogen-bond acceptors (Lipinski definition) is 4. The summed E-state index contributed by atoms with van der Waals surface area (Å²) in [6.07, 6.45) is 5.87. The first-order chi connectivity index (χ1) is 11.1. The van der Waals surface area contributed by atoms with Crippen molar-refractivity contribution in [2.75, 3.05) is 18.4 Å². The Morgan fingerprint density at radius 1 is 1.04 bits per heavy atom. The third-order valence-corrected chi connectivity index (χ3v) is 3.74. The zero-order valence-corrected chi connectivity index (χ0v) is 12.4. The van der Waals surface area contributed by atoms with Gasteiger partial charge in [-0.2, -0.15) is 0 Å². The van der Waals surface area contributed by atoms with Gasteiger partial charge in [0.1, 0.15) is 17.3 Å². The molecule has 0 atom stereocenters. The van der Waals surface area contributed by atoms with E-state index in [1.165, 1.54) is 18.5 Å². The number of amides is 1. The molecule has 3 rings (SSSR count). The maximum absolute atomic E-state index is 13.6. The van der Waals surface area contributed by atoms with Crippen LogP contribution < -0.4 is 5.32 Å². The Labute approximate surface area is 132 Å². The Kier molecular flexibility index (Phi) is 4.45. The van der Waals surface area contributed by atoms with Crippen LogP contribution in [0.2, 0.25) is 0 Å². The van der Waals surface area contributed by atoms with E-state index in [9.17, 15) is 13.6 Å². The van der Waals surface area contributed by atoms with Gasteiger partial charge in [-0.05, 0) is 31.4 Å². The van der Waals surface area contributed by atoms with Crippen molar-refractivity contribution < 1.29 is 13.6 Å². The van der Waals surface area contributed by atoms with Gasteiger partial charge in [0.05, 0.1) is 5.56 Å². The SMILES string of the molecule is O=C(c1cnc(Nc2c(F)cccc2F)nc1)N1CCCCC1. The Morgan fingerprint density at radius 2 is 1.65 bits per heavy atom. The first-order valence-corrected chi connectivity index (χ1v) is 7.47. The van der Waals surface area contributed by atoms with Crippen LogP contribution in [0.4, 0.5) is 20.4 Å². The van der Waals surface area contributed by atoms with E-state index in [0.29, 0.717) is 5.56 Å². The van der Waals surface area contributed by atoms with Gasteiger partial charge in [-0.1, -0.05) is 6.07 Å². The van der Waals surface area contributed by atoms with Crippen molar-refractivity contribution in [3.63, 3.8) is 0 Å². The van der Waals surface area contributed by atoms with E-state index in [0.717, 1.165) is 44.5 Å². The second-order valence-electron chi connectivity index (χ2n) is 5.37. The molecule has 0 radical (unpaired) electrons. The Morgan fingerprint density at radius 3 is 2.26 bits per heavy atom. The summed E-state index contributed by atoms with van der Waals surface area (Å²) >= 11 is 0. The Hall–Kier alpha value is -2.57. The molecule has 1 amide bonds. The summed E-state index contributed by atoms with van der Waals surface area (Å²) in [7, 11) is 0. The second-order valence-corrected chi connectivity index (χ2v) is 5.37. The molecule has 120 valence electrons. The molecule has 1 N–H and O–H groups in total. The second kappa shape index (κ2) is 6.68. The van der Waals surface area contributed by atoms with Crippen molar-refractivity contribution >= 4 is 17.5 Å². The predicted molar refractivity (Wildman–Crippen MR) is 81.4 cm³/mol. The summed E-state index contributed by atoms with van der Waals surface area (Å²) in [5.74, 6) is -1.55. The molecule has 1 aliphatic rings. The third-order valence-electron chi connectivity index (χ3n) is 3.74. The van der Waals surface area contributed by atoms with Crippen molar-refractivity contribution in [2.24, 2.45) is 0 Å². The average molecular weight is 318 g/mol. The van der Waals surface area contributed by atoms with Crippen LogP contribution in [0.25, 0.3) is 0 Å². The van der Waals surface area contributed by atoms with Crippen LogP contribution in [0.3, 0.4) is 0 Å². The number of aromatic nitrogens is 2. The monoisotopic (exact) mass is 318 g/mol. The summed E-state index contributed by atoms with van der Waals surface area (Å²) in [5, 5.41) is 2.49. The van der Waals surface area contributed by atoms with Crippen LogP contribution >= 0.6 is 0 Å². The molecule has 0 unspecified atom stereocenters. The first-order valence-electron chi connectivity index (χ1n) is 7.47. The summed E-state index contributed by atoms with van der Waals surface area (Å²) in [6.45, 7) is 1.47. The lowest BCUT2D eigenvalue weighted by atomic mass is 10.1. The molecule has 0 bridgehead atoms. The van der Waals surface area contributed by atoms with Crippen LogP contribution in [-0.2, 0) is 0 Å². The topological polar surface area (TPSA) is 58.1 Å². The van der Waals surface area contributed by atoms with Gasteiger partial charge >= 0.3 is 0 Å². The van der Waals surface area contributed by atoms with Gasteiger partial charge in [-0.25, -0.2) is 18.7 Å². The van der Waals surface area contributed by atoms with Crippen LogP contribution in [0.15, 0.2) is 30.6 Å². The molecule has 0 spiro atoms. The quantitative estimate of drug-likeness (QED) is 0.944. The minimum Gasteiger partial charge on any atom is -0.339 e. The number of benzene rings is 1. The highest BCUT2D eigenvalue weighted by molar-refractivity contribution is 5.93. The highest BCUT2D eigenvalue weighted by atomic mass is 19.1. The molecule has 1 aliphatic heterocycles. The van der Waals surface area contributed by atoms with Gasteiger partial charge in [0.15, 0.2) is 0 Å². The number of carbonyl (C=O) groups excluding carboxylic acids is 1. The molecule has 2 aromatic rings. The van der Waals surface area contributed by atoms with Crippen LogP contribution in [0.1, 0.15) is 29.6 Å². The molecule has 5 nitrogen and oxygen atoms in total. The van der Waals surface area contributed by atoms with Crippen LogP contribution in [-0.4, -0.2) is 33.9 Å². The number of piperidine rings is 1. The smallest absolute Gasteiger partial charge is 0.256 e. The molecule has 2 heterocycles. The highest BCUT2D eigenvalue weighted by Crippen LogP contribution is 2.21. The number of likely N-dealkylation sites (tertiary alicyclic amines) is 1. The average Bonchev–Trinajstić information content (AvgIpc) is 2.59. The lowest BCUT2D eigenvalue weighted by Gasteiger charge is -2.26. The highest BCUT2D eigenvalue weighted by Gasteiger charge is 2.19. The van der Waals surface area contributed by atoms with E-state index in [2.05, 4.69) is 15.3 Å². The zero-order valence-electron chi connectivity index (χ0n) is 12.4. The third kappa shape index (κ3) is 3.44. The summed E-state index contributed by atoms with van der Waals surface area (Å²) in [6, 6.07) is 3.55. The summed E-state index contributed by atoms with van der Waals surface area (Å²) in [5.41, 5.74) is 0.0501. The van der Waals surface area contributed by atoms with E-state index in [-0.39, 0.29) is 17.5 Å². The number of nitrogens with one attached hydrogen (secondary N) is 1. The van der Waals surface area contributed by atoms with Gasteiger partial charge < -0.3 is 10.2 Å². The van der Waals surface area contributed by atoms with Crippen molar-refractivity contribution in [3.05, 3.63) is 47.8 Å². The number of anilines is 2. The molecular formula is C16H16F2N4O. The minimum absolute atomic E-state index is 0.0317. The molecule has 0 aliphatic carbocycles. The normalized spacial score (nSPS) is 14.6. The molecule has 1 fully saturated rings. The number of rotatable bonds is 3. The molecule has 1 aromatic carbocycles. The van der Waals surface area contributed by atoms with E-state index in [1.54, 1.807) is 4.90 Å². The van der Waals surface area contributed by atoms with E-state index < -0.39 is 11.6 Å². The van der Waals surface area contributed by atoms with Crippen molar-refractivity contribution in [1.29, 1.82) is 0 Å². The van der Waals surface area contributed by atoms with Gasteiger partial charge in [0.25, 0.3) is 5.91 Å². The van der Waals surface area contributed by atoms with Crippen LogP contribution in [0.5, 0.6) is 0 Å². The van der Waals surface area contributed by atoms with Crippen LogP contribution in [0, 0.1) is 11.6 Å². The molecule has 1 saturated heterocycles. The Balaban J connectivity index is 1.73. The number of carbonyl (C=O) groups is 1.